The molecule has 66 valence electrons. The van der Waals surface area contributed by atoms with Crippen LogP contribution in [0.4, 0.5) is 0 Å². The van der Waals surface area contributed by atoms with Crippen LogP contribution >= 0.6 is 11.3 Å². The fraction of sp³-hybridized carbons (Fsp3) is 0.375. The van der Waals surface area contributed by atoms with Crippen LogP contribution in [-0.4, -0.2) is 11.1 Å². The van der Waals surface area contributed by atoms with Gasteiger partial charge in [-0.15, -0.1) is 11.3 Å². The van der Waals surface area contributed by atoms with Crippen molar-refractivity contribution >= 4 is 17.3 Å². The number of carbonyl (C=O) groups is 1. The Kier molecular flexibility index (Phi) is 3.25. The largest absolute Gasteiger partial charge is 0.481 e. The summed E-state index contributed by atoms with van der Waals surface area (Å²) in [5.41, 5.74) is 5.73. The summed E-state index contributed by atoms with van der Waals surface area (Å²) in [5, 5.41) is 10.3. The Balaban J connectivity index is 2.39. The highest BCUT2D eigenvalue weighted by atomic mass is 32.1. The van der Waals surface area contributed by atoms with Gasteiger partial charge in [-0.05, 0) is 17.9 Å². The zero-order chi connectivity index (χ0) is 8.97. The lowest BCUT2D eigenvalue weighted by Crippen LogP contribution is -2.10. The van der Waals surface area contributed by atoms with Crippen LogP contribution in [0.25, 0.3) is 0 Å². The van der Waals surface area contributed by atoms with E-state index in [1.807, 2.05) is 17.5 Å². The van der Waals surface area contributed by atoms with Gasteiger partial charge in [-0.1, -0.05) is 6.07 Å². The minimum absolute atomic E-state index is 0.124. The van der Waals surface area contributed by atoms with Crippen molar-refractivity contribution in [2.24, 2.45) is 5.73 Å². The molecule has 0 aliphatic carbocycles. The predicted octanol–water partition coefficient (Wildman–Crippen LogP) is 1.61. The Bertz CT molecular complexity index is 246. The van der Waals surface area contributed by atoms with Crippen LogP contribution in [0.3, 0.4) is 0 Å². The smallest absolute Gasteiger partial charge is 0.303 e. The van der Waals surface area contributed by atoms with Crippen LogP contribution in [-0.2, 0) is 4.79 Å². The van der Waals surface area contributed by atoms with E-state index < -0.39 is 5.97 Å². The van der Waals surface area contributed by atoms with Gasteiger partial charge in [0.25, 0.3) is 0 Å². The van der Waals surface area contributed by atoms with E-state index in [0.717, 1.165) is 4.88 Å². The minimum atomic E-state index is -0.790. The van der Waals surface area contributed by atoms with E-state index in [0.29, 0.717) is 6.42 Å². The highest BCUT2D eigenvalue weighted by molar-refractivity contribution is 7.10. The lowest BCUT2D eigenvalue weighted by molar-refractivity contribution is -0.137. The number of rotatable bonds is 4. The molecule has 0 saturated heterocycles. The fourth-order valence-corrected chi connectivity index (χ4v) is 1.69. The first-order valence-corrected chi connectivity index (χ1v) is 4.59. The molecule has 0 amide bonds. The van der Waals surface area contributed by atoms with Crippen molar-refractivity contribution in [1.29, 1.82) is 0 Å². The molecule has 12 heavy (non-hydrogen) atoms. The number of aliphatic carboxylic acids is 1. The maximum atomic E-state index is 10.2. The maximum absolute atomic E-state index is 10.2. The van der Waals surface area contributed by atoms with E-state index in [2.05, 4.69) is 0 Å². The maximum Gasteiger partial charge on any atom is 0.303 e. The standard InChI is InChI=1S/C8H11NO2S/c9-6(3-4-8(10)11)7-2-1-5-12-7/h1-2,5-6H,3-4,9H2,(H,10,11). The Morgan fingerprint density at radius 1 is 1.75 bits per heavy atom. The van der Waals surface area contributed by atoms with Gasteiger partial charge in [0.15, 0.2) is 0 Å². The quantitative estimate of drug-likeness (QED) is 0.749. The second-order valence-corrected chi connectivity index (χ2v) is 3.53. The molecule has 0 spiro atoms. The van der Waals surface area contributed by atoms with Gasteiger partial charge >= 0.3 is 5.97 Å². The van der Waals surface area contributed by atoms with Gasteiger partial charge in [-0.25, -0.2) is 0 Å². The number of carboxylic acids is 1. The van der Waals surface area contributed by atoms with Crippen LogP contribution in [0.2, 0.25) is 0 Å². The molecule has 0 bridgehead atoms. The van der Waals surface area contributed by atoms with Gasteiger partial charge in [0, 0.05) is 17.3 Å². The van der Waals surface area contributed by atoms with Crippen LogP contribution < -0.4 is 5.73 Å². The van der Waals surface area contributed by atoms with E-state index in [1.54, 1.807) is 11.3 Å². The number of carboxylic acid groups (broad SMARTS) is 1. The monoisotopic (exact) mass is 185 g/mol. The summed E-state index contributed by atoms with van der Waals surface area (Å²) < 4.78 is 0. The van der Waals surface area contributed by atoms with Crippen molar-refractivity contribution in [3.63, 3.8) is 0 Å². The number of nitrogens with two attached hydrogens (primary N) is 1. The summed E-state index contributed by atoms with van der Waals surface area (Å²) in [6.45, 7) is 0. The molecule has 3 nitrogen and oxygen atoms in total. The van der Waals surface area contributed by atoms with Gasteiger partial charge in [-0.2, -0.15) is 0 Å². The van der Waals surface area contributed by atoms with E-state index in [9.17, 15) is 4.79 Å². The summed E-state index contributed by atoms with van der Waals surface area (Å²) >= 11 is 1.56. The highest BCUT2D eigenvalue weighted by Gasteiger charge is 2.08. The second kappa shape index (κ2) is 4.23. The van der Waals surface area contributed by atoms with Crippen LogP contribution in [0.5, 0.6) is 0 Å². The molecule has 0 saturated carbocycles. The van der Waals surface area contributed by atoms with Crippen LogP contribution in [0.1, 0.15) is 23.8 Å². The first kappa shape index (κ1) is 9.22. The Morgan fingerprint density at radius 2 is 2.50 bits per heavy atom. The molecule has 0 radical (unpaired) electrons. The average Bonchev–Trinajstić information content (AvgIpc) is 2.51. The normalized spacial score (nSPS) is 12.8. The lowest BCUT2D eigenvalue weighted by atomic mass is 10.1. The van der Waals surface area contributed by atoms with Crippen molar-refractivity contribution < 1.29 is 9.90 Å². The topological polar surface area (TPSA) is 63.3 Å². The molecular weight excluding hydrogens is 174 g/mol. The van der Waals surface area contributed by atoms with Gasteiger partial charge < -0.3 is 10.8 Å². The third-order valence-electron chi connectivity index (χ3n) is 1.58. The molecule has 0 aliphatic heterocycles. The molecule has 0 fully saturated rings. The number of hydrogen-bond donors (Lipinski definition) is 2. The second-order valence-electron chi connectivity index (χ2n) is 2.55. The van der Waals surface area contributed by atoms with Crippen molar-refractivity contribution in [2.45, 2.75) is 18.9 Å². The van der Waals surface area contributed by atoms with Crippen LogP contribution in [0, 0.1) is 0 Å². The molecule has 1 aromatic heterocycles. The van der Waals surface area contributed by atoms with Gasteiger partial charge in [0.1, 0.15) is 0 Å². The first-order valence-electron chi connectivity index (χ1n) is 3.71. The van der Waals surface area contributed by atoms with E-state index in [-0.39, 0.29) is 12.5 Å². The van der Waals surface area contributed by atoms with Crippen molar-refractivity contribution in [1.82, 2.24) is 0 Å². The van der Waals surface area contributed by atoms with Crippen molar-refractivity contribution in [3.8, 4) is 0 Å². The Labute approximate surface area is 74.8 Å². The summed E-state index contributed by atoms with van der Waals surface area (Å²) in [5.74, 6) is -0.790. The molecule has 1 atom stereocenters. The van der Waals surface area contributed by atoms with Crippen LogP contribution in [0.15, 0.2) is 17.5 Å². The SMILES string of the molecule is NC(CCC(=O)O)c1cccs1. The predicted molar refractivity (Wildman–Crippen MR) is 48.1 cm³/mol. The molecule has 0 aliphatic rings. The fourth-order valence-electron chi connectivity index (χ4n) is 0.923. The molecule has 1 aromatic rings. The van der Waals surface area contributed by atoms with Crippen molar-refractivity contribution in [3.05, 3.63) is 22.4 Å². The molecule has 1 heterocycles. The molecule has 0 aromatic carbocycles. The third-order valence-corrected chi connectivity index (χ3v) is 2.58. The lowest BCUT2D eigenvalue weighted by Gasteiger charge is -2.06. The summed E-state index contributed by atoms with van der Waals surface area (Å²) in [6.07, 6.45) is 0.648. The molecule has 1 unspecified atom stereocenters. The van der Waals surface area contributed by atoms with Crippen molar-refractivity contribution in [2.75, 3.05) is 0 Å². The Hall–Kier alpha value is -0.870. The highest BCUT2D eigenvalue weighted by Crippen LogP contribution is 2.20. The summed E-state index contributed by atoms with van der Waals surface area (Å²) in [6, 6.07) is 3.72. The van der Waals surface area contributed by atoms with E-state index in [4.69, 9.17) is 10.8 Å². The van der Waals surface area contributed by atoms with E-state index >= 15 is 0 Å². The van der Waals surface area contributed by atoms with Gasteiger partial charge in [-0.3, -0.25) is 4.79 Å². The molecule has 3 N–H and O–H groups in total. The number of hydrogen-bond acceptors (Lipinski definition) is 3. The summed E-state index contributed by atoms with van der Waals surface area (Å²) in [4.78, 5) is 11.3. The number of thiophene rings is 1. The van der Waals surface area contributed by atoms with Gasteiger partial charge in [0.05, 0.1) is 0 Å². The molecule has 1 rings (SSSR count). The average molecular weight is 185 g/mol. The molecular formula is C8H11NO2S. The zero-order valence-corrected chi connectivity index (χ0v) is 7.38. The summed E-state index contributed by atoms with van der Waals surface area (Å²) in [7, 11) is 0. The Morgan fingerprint density at radius 3 is 3.00 bits per heavy atom. The molecule has 4 heteroatoms. The third kappa shape index (κ3) is 2.64. The van der Waals surface area contributed by atoms with Gasteiger partial charge in [0.2, 0.25) is 0 Å². The first-order chi connectivity index (χ1) is 5.70. The van der Waals surface area contributed by atoms with E-state index in [1.165, 1.54) is 0 Å². The zero-order valence-electron chi connectivity index (χ0n) is 6.56. The minimum Gasteiger partial charge on any atom is -0.481 e.